The molecule has 1 unspecified atom stereocenters. The molecule has 1 saturated carbocycles. The minimum Gasteiger partial charge on any atom is -0.379 e. The molecule has 1 aromatic rings. The molecule has 0 bridgehead atoms. The van der Waals surface area contributed by atoms with Gasteiger partial charge in [0.1, 0.15) is 5.82 Å². The van der Waals surface area contributed by atoms with Crippen molar-refractivity contribution in [3.05, 3.63) is 35.6 Å². The zero-order valence-corrected chi connectivity index (χ0v) is 17.5. The quantitative estimate of drug-likeness (QED) is 0.603. The lowest BCUT2D eigenvalue weighted by atomic mass is 9.96. The zero-order chi connectivity index (χ0) is 21.2. The predicted octanol–water partition coefficient (Wildman–Crippen LogP) is 2.34. The van der Waals surface area contributed by atoms with E-state index in [0.717, 1.165) is 44.3 Å². The number of benzene rings is 1. The van der Waals surface area contributed by atoms with Crippen LogP contribution in [-0.2, 0) is 9.53 Å². The third kappa shape index (κ3) is 7.25. The Morgan fingerprint density at radius 3 is 2.47 bits per heavy atom. The van der Waals surface area contributed by atoms with Gasteiger partial charge in [-0.25, -0.2) is 9.18 Å². The number of morpholine rings is 1. The lowest BCUT2D eigenvalue weighted by Crippen LogP contribution is -2.45. The van der Waals surface area contributed by atoms with E-state index in [1.807, 2.05) is 0 Å². The van der Waals surface area contributed by atoms with Gasteiger partial charge in [-0.2, -0.15) is 0 Å². The Bertz CT molecular complexity index is 673. The summed E-state index contributed by atoms with van der Waals surface area (Å²) in [6, 6.07) is 6.42. The predicted molar refractivity (Wildman–Crippen MR) is 113 cm³/mol. The van der Waals surface area contributed by atoms with Gasteiger partial charge in [-0.05, 0) is 30.5 Å². The van der Waals surface area contributed by atoms with E-state index in [1.54, 1.807) is 12.1 Å². The van der Waals surface area contributed by atoms with Gasteiger partial charge in [0.15, 0.2) is 0 Å². The van der Waals surface area contributed by atoms with E-state index in [1.165, 1.54) is 18.6 Å². The molecule has 0 spiro atoms. The first-order chi connectivity index (χ1) is 14.6. The van der Waals surface area contributed by atoms with Gasteiger partial charge in [0.2, 0.25) is 5.91 Å². The number of amides is 3. The van der Waals surface area contributed by atoms with Crippen LogP contribution in [0.4, 0.5) is 9.18 Å². The summed E-state index contributed by atoms with van der Waals surface area (Å²) in [6.07, 6.45) is 5.83. The number of carbonyl (C=O) groups is 2. The Morgan fingerprint density at radius 2 is 1.77 bits per heavy atom. The Labute approximate surface area is 177 Å². The summed E-state index contributed by atoms with van der Waals surface area (Å²) in [5, 5.41) is 8.71. The number of hydrogen-bond donors (Lipinski definition) is 3. The van der Waals surface area contributed by atoms with Crippen LogP contribution < -0.4 is 16.0 Å². The van der Waals surface area contributed by atoms with Crippen molar-refractivity contribution < 1.29 is 18.7 Å². The van der Waals surface area contributed by atoms with Gasteiger partial charge in [-0.15, -0.1) is 0 Å². The molecule has 8 heteroatoms. The Kier molecular flexibility index (Phi) is 8.89. The molecular formula is C22H33FN4O3. The molecule has 3 amide bonds. The summed E-state index contributed by atoms with van der Waals surface area (Å²) >= 11 is 0. The Balaban J connectivity index is 1.42. The van der Waals surface area contributed by atoms with Crippen molar-refractivity contribution in [3.63, 3.8) is 0 Å². The van der Waals surface area contributed by atoms with Gasteiger partial charge in [0, 0.05) is 38.6 Å². The highest BCUT2D eigenvalue weighted by molar-refractivity contribution is 5.78. The number of rotatable bonds is 8. The molecule has 1 aliphatic heterocycles. The lowest BCUT2D eigenvalue weighted by molar-refractivity contribution is -0.121. The molecule has 0 radical (unpaired) electrons. The third-order valence-electron chi connectivity index (χ3n) is 5.81. The molecule has 166 valence electrons. The average Bonchev–Trinajstić information content (AvgIpc) is 2.76. The van der Waals surface area contributed by atoms with Gasteiger partial charge in [0.05, 0.1) is 19.3 Å². The van der Waals surface area contributed by atoms with Crippen LogP contribution in [0.2, 0.25) is 0 Å². The molecule has 2 fully saturated rings. The Hall–Kier alpha value is -2.19. The van der Waals surface area contributed by atoms with Gasteiger partial charge < -0.3 is 20.7 Å². The second-order valence-electron chi connectivity index (χ2n) is 8.00. The van der Waals surface area contributed by atoms with Crippen LogP contribution >= 0.6 is 0 Å². The summed E-state index contributed by atoms with van der Waals surface area (Å²) in [6.45, 7) is 3.54. The van der Waals surface area contributed by atoms with Crippen LogP contribution in [0, 0.1) is 5.82 Å². The molecular weight excluding hydrogens is 387 g/mol. The smallest absolute Gasteiger partial charge is 0.315 e. The Morgan fingerprint density at radius 1 is 1.07 bits per heavy atom. The number of nitrogens with zero attached hydrogens (tertiary/aromatic N) is 1. The summed E-state index contributed by atoms with van der Waals surface area (Å²) in [5.41, 5.74) is 0.962. The first-order valence-electron chi connectivity index (χ1n) is 11.0. The van der Waals surface area contributed by atoms with Crippen molar-refractivity contribution in [2.24, 2.45) is 0 Å². The number of nitrogens with one attached hydrogen (secondary N) is 3. The summed E-state index contributed by atoms with van der Waals surface area (Å²) in [7, 11) is 0. The molecule has 1 aliphatic carbocycles. The van der Waals surface area contributed by atoms with Gasteiger partial charge >= 0.3 is 6.03 Å². The van der Waals surface area contributed by atoms with Crippen LogP contribution in [-0.4, -0.2) is 62.3 Å². The second kappa shape index (κ2) is 11.9. The van der Waals surface area contributed by atoms with Crippen molar-refractivity contribution in [2.75, 3.05) is 39.4 Å². The van der Waals surface area contributed by atoms with Crippen LogP contribution in [0.15, 0.2) is 24.3 Å². The standard InChI is InChI=1S/C22H33FN4O3/c23-18-8-6-17(7-9-18)20(27-12-14-30-15-13-27)16-25-21(28)10-11-24-22(29)26-19-4-2-1-3-5-19/h6-9,19-20H,1-5,10-16H2,(H,25,28)(H2,24,26,29). The number of hydrogen-bond acceptors (Lipinski definition) is 4. The third-order valence-corrected chi connectivity index (χ3v) is 5.81. The number of carbonyl (C=O) groups excluding carboxylic acids is 2. The normalized spacial score (nSPS) is 19.1. The molecule has 0 aromatic heterocycles. The maximum atomic E-state index is 13.3. The monoisotopic (exact) mass is 420 g/mol. The van der Waals surface area contributed by atoms with Crippen LogP contribution in [0.1, 0.15) is 50.1 Å². The van der Waals surface area contributed by atoms with Crippen molar-refractivity contribution in [2.45, 2.75) is 50.6 Å². The van der Waals surface area contributed by atoms with Crippen LogP contribution in [0.5, 0.6) is 0 Å². The van der Waals surface area contributed by atoms with E-state index >= 15 is 0 Å². The van der Waals surface area contributed by atoms with Crippen molar-refractivity contribution in [1.29, 1.82) is 0 Å². The fourth-order valence-corrected chi connectivity index (χ4v) is 4.10. The molecule has 7 nitrogen and oxygen atoms in total. The van der Waals surface area contributed by atoms with Crippen LogP contribution in [0.25, 0.3) is 0 Å². The molecule has 1 heterocycles. The largest absolute Gasteiger partial charge is 0.379 e. The van der Waals surface area contributed by atoms with E-state index in [9.17, 15) is 14.0 Å². The molecule has 1 aromatic carbocycles. The SMILES string of the molecule is O=C(CCNC(=O)NC1CCCCC1)NCC(c1ccc(F)cc1)N1CCOCC1. The topological polar surface area (TPSA) is 82.7 Å². The highest BCUT2D eigenvalue weighted by Crippen LogP contribution is 2.21. The number of urea groups is 1. The number of halogens is 1. The van der Waals surface area contributed by atoms with E-state index in [2.05, 4.69) is 20.9 Å². The minimum absolute atomic E-state index is 0.0407. The molecule has 2 aliphatic rings. The average molecular weight is 421 g/mol. The van der Waals surface area contributed by atoms with E-state index in [4.69, 9.17) is 4.74 Å². The highest BCUT2D eigenvalue weighted by atomic mass is 19.1. The molecule has 1 atom stereocenters. The lowest BCUT2D eigenvalue weighted by Gasteiger charge is -2.35. The second-order valence-corrected chi connectivity index (χ2v) is 8.00. The van der Waals surface area contributed by atoms with E-state index in [0.29, 0.717) is 26.3 Å². The van der Waals surface area contributed by atoms with Gasteiger partial charge in [0.25, 0.3) is 0 Å². The number of ether oxygens (including phenoxy) is 1. The maximum Gasteiger partial charge on any atom is 0.315 e. The molecule has 30 heavy (non-hydrogen) atoms. The zero-order valence-electron chi connectivity index (χ0n) is 17.5. The van der Waals surface area contributed by atoms with Crippen LogP contribution in [0.3, 0.4) is 0 Å². The minimum atomic E-state index is -0.277. The first-order valence-corrected chi connectivity index (χ1v) is 11.0. The maximum absolute atomic E-state index is 13.3. The molecule has 3 N–H and O–H groups in total. The fraction of sp³-hybridized carbons (Fsp3) is 0.636. The van der Waals surface area contributed by atoms with Gasteiger partial charge in [-0.3, -0.25) is 9.69 Å². The van der Waals surface area contributed by atoms with E-state index in [-0.39, 0.29) is 36.3 Å². The van der Waals surface area contributed by atoms with Crippen molar-refractivity contribution in [3.8, 4) is 0 Å². The molecule has 3 rings (SSSR count). The first kappa shape index (κ1) is 22.5. The van der Waals surface area contributed by atoms with Gasteiger partial charge in [-0.1, -0.05) is 31.4 Å². The van der Waals surface area contributed by atoms with Crippen molar-refractivity contribution >= 4 is 11.9 Å². The summed E-state index contributed by atoms with van der Waals surface area (Å²) in [5.74, 6) is -0.394. The molecule has 1 saturated heterocycles. The summed E-state index contributed by atoms with van der Waals surface area (Å²) < 4.78 is 18.7. The van der Waals surface area contributed by atoms with E-state index < -0.39 is 0 Å². The van der Waals surface area contributed by atoms with Crippen molar-refractivity contribution in [1.82, 2.24) is 20.9 Å². The summed E-state index contributed by atoms with van der Waals surface area (Å²) in [4.78, 5) is 26.5. The fourth-order valence-electron chi connectivity index (χ4n) is 4.10. The highest BCUT2D eigenvalue weighted by Gasteiger charge is 2.23.